The first kappa shape index (κ1) is 18.3. The second-order valence-corrected chi connectivity index (χ2v) is 5.01. The predicted octanol–water partition coefficient (Wildman–Crippen LogP) is 6.68. The van der Waals surface area contributed by atoms with Crippen LogP contribution in [0.4, 0.5) is 22.0 Å². The van der Waals surface area contributed by atoms with Crippen LogP contribution < -0.4 is 0 Å². The second-order valence-electron chi connectivity index (χ2n) is 3.44. The van der Waals surface area contributed by atoms with Crippen molar-refractivity contribution >= 4 is 46.4 Å². The largest absolute Gasteiger partial charge is 0.204 e. The van der Waals surface area contributed by atoms with E-state index in [1.807, 2.05) is 0 Å². The summed E-state index contributed by atoms with van der Waals surface area (Å²) < 4.78 is 60.0. The number of rotatable bonds is 0. The van der Waals surface area contributed by atoms with Gasteiger partial charge in [0.15, 0.2) is 23.3 Å². The average molecular weight is 384 g/mol. The first-order valence-electron chi connectivity index (χ1n) is 4.94. The number of hydrogen-bond acceptors (Lipinski definition) is 0. The lowest BCUT2D eigenvalue weighted by Crippen LogP contribution is -1.98. The standard InChI is InChI=1S/C6H2Cl4.C6HF5/c7-3-1-2-4(8)6(10)5(3)9;7-2-1-3(8)5(10)6(11)4(2)9/h1-2H;1H. The van der Waals surface area contributed by atoms with E-state index in [4.69, 9.17) is 46.4 Å². The van der Waals surface area contributed by atoms with Gasteiger partial charge in [-0.2, -0.15) is 0 Å². The van der Waals surface area contributed by atoms with Crippen molar-refractivity contribution in [2.24, 2.45) is 0 Å². The molecule has 0 radical (unpaired) electrons. The molecule has 2 rings (SSSR count). The Morgan fingerprint density at radius 1 is 0.571 bits per heavy atom. The Morgan fingerprint density at radius 3 is 1.24 bits per heavy atom. The molecule has 0 heterocycles. The summed E-state index contributed by atoms with van der Waals surface area (Å²) in [7, 11) is 0. The minimum absolute atomic E-state index is 0.0618. The maximum atomic E-state index is 12.0. The Labute approximate surface area is 136 Å². The zero-order chi connectivity index (χ0) is 16.3. The monoisotopic (exact) mass is 382 g/mol. The van der Waals surface area contributed by atoms with Gasteiger partial charge in [-0.05, 0) is 12.1 Å². The molecule has 0 atom stereocenters. The van der Waals surface area contributed by atoms with Gasteiger partial charge in [0.05, 0.1) is 20.1 Å². The van der Waals surface area contributed by atoms with Gasteiger partial charge in [-0.1, -0.05) is 46.4 Å². The molecule has 0 aliphatic rings. The van der Waals surface area contributed by atoms with Crippen LogP contribution in [0.5, 0.6) is 0 Å². The molecule has 0 aliphatic heterocycles. The summed E-state index contributed by atoms with van der Waals surface area (Å²) in [5.41, 5.74) is 0. The lowest BCUT2D eigenvalue weighted by atomic mass is 10.3. The van der Waals surface area contributed by atoms with Crippen LogP contribution in [0.2, 0.25) is 20.1 Å². The first-order chi connectivity index (χ1) is 9.66. The maximum Gasteiger partial charge on any atom is 0.200 e. The first-order valence-corrected chi connectivity index (χ1v) is 6.45. The molecule has 0 bridgehead atoms. The minimum Gasteiger partial charge on any atom is -0.204 e. The molecule has 0 aromatic heterocycles. The summed E-state index contributed by atoms with van der Waals surface area (Å²) >= 11 is 22.5. The average Bonchev–Trinajstić information content (AvgIpc) is 2.45. The lowest BCUT2D eigenvalue weighted by molar-refractivity contribution is 0.378. The van der Waals surface area contributed by atoms with E-state index >= 15 is 0 Å². The summed E-state index contributed by atoms with van der Waals surface area (Å²) in [6, 6.07) is 3.13. The zero-order valence-corrected chi connectivity index (χ0v) is 12.7. The number of benzene rings is 2. The molecule has 0 fully saturated rings. The van der Waals surface area contributed by atoms with E-state index < -0.39 is 29.1 Å². The van der Waals surface area contributed by atoms with Gasteiger partial charge in [0.1, 0.15) is 0 Å². The van der Waals surface area contributed by atoms with Gasteiger partial charge in [0.2, 0.25) is 5.82 Å². The van der Waals surface area contributed by atoms with Crippen LogP contribution in [-0.2, 0) is 0 Å². The molecular formula is C12H3Cl4F5. The fourth-order valence-electron chi connectivity index (χ4n) is 1.05. The maximum absolute atomic E-state index is 12.0. The normalized spacial score (nSPS) is 10.1. The summed E-state index contributed by atoms with van der Waals surface area (Å²) in [5, 5.41) is 1.43. The molecule has 2 aromatic rings. The van der Waals surface area contributed by atoms with Gasteiger partial charge in [0.25, 0.3) is 0 Å². The molecule has 0 spiro atoms. The highest BCUT2D eigenvalue weighted by Crippen LogP contribution is 2.34. The Morgan fingerprint density at radius 2 is 0.905 bits per heavy atom. The molecule has 0 aliphatic carbocycles. The predicted molar refractivity (Wildman–Crippen MR) is 72.7 cm³/mol. The quantitative estimate of drug-likeness (QED) is 0.270. The molecule has 2 aromatic carbocycles. The molecule has 0 N–H and O–H groups in total. The van der Waals surface area contributed by atoms with Crippen LogP contribution >= 0.6 is 46.4 Å². The molecule has 0 amide bonds. The van der Waals surface area contributed by atoms with Crippen LogP contribution in [0, 0.1) is 29.1 Å². The van der Waals surface area contributed by atoms with Crippen molar-refractivity contribution in [1.82, 2.24) is 0 Å². The van der Waals surface area contributed by atoms with E-state index in [1.165, 1.54) is 0 Å². The van der Waals surface area contributed by atoms with E-state index in [1.54, 1.807) is 12.1 Å². The number of halogens is 9. The second kappa shape index (κ2) is 7.49. The van der Waals surface area contributed by atoms with Gasteiger partial charge < -0.3 is 0 Å². The van der Waals surface area contributed by atoms with Crippen molar-refractivity contribution in [2.45, 2.75) is 0 Å². The highest BCUT2D eigenvalue weighted by atomic mass is 35.5. The Hall–Kier alpha value is -0.750. The van der Waals surface area contributed by atoms with Crippen molar-refractivity contribution in [3.63, 3.8) is 0 Å². The third-order valence-electron chi connectivity index (χ3n) is 2.05. The van der Waals surface area contributed by atoms with Crippen molar-refractivity contribution in [1.29, 1.82) is 0 Å². The topological polar surface area (TPSA) is 0 Å². The highest BCUT2D eigenvalue weighted by Gasteiger charge is 2.18. The molecular weight excluding hydrogens is 381 g/mol. The lowest BCUT2D eigenvalue weighted by Gasteiger charge is -1.98. The minimum atomic E-state index is -2.14. The van der Waals surface area contributed by atoms with E-state index in [9.17, 15) is 22.0 Å². The van der Waals surface area contributed by atoms with E-state index in [-0.39, 0.29) is 6.07 Å². The van der Waals surface area contributed by atoms with Crippen LogP contribution in [0.15, 0.2) is 18.2 Å². The summed E-state index contributed by atoms with van der Waals surface area (Å²) in [6.07, 6.45) is 0. The van der Waals surface area contributed by atoms with Gasteiger partial charge in [0, 0.05) is 6.07 Å². The molecule has 0 saturated heterocycles. The zero-order valence-electron chi connectivity index (χ0n) is 9.63. The molecule has 114 valence electrons. The fraction of sp³-hybridized carbons (Fsp3) is 0. The highest BCUT2D eigenvalue weighted by molar-refractivity contribution is 6.51. The van der Waals surface area contributed by atoms with Crippen molar-refractivity contribution in [3.8, 4) is 0 Å². The van der Waals surface area contributed by atoms with Gasteiger partial charge in [-0.3, -0.25) is 0 Å². The Bertz CT molecular complexity index is 622. The van der Waals surface area contributed by atoms with Crippen molar-refractivity contribution in [2.75, 3.05) is 0 Å². The molecule has 0 nitrogen and oxygen atoms in total. The van der Waals surface area contributed by atoms with Crippen LogP contribution in [-0.4, -0.2) is 0 Å². The number of hydrogen-bond donors (Lipinski definition) is 0. The third kappa shape index (κ3) is 4.36. The van der Waals surface area contributed by atoms with Crippen LogP contribution in [0.3, 0.4) is 0 Å². The molecule has 0 saturated carbocycles. The molecule has 0 unspecified atom stereocenters. The third-order valence-corrected chi connectivity index (χ3v) is 3.75. The van der Waals surface area contributed by atoms with E-state index in [0.717, 1.165) is 0 Å². The molecule has 9 heteroatoms. The summed E-state index contributed by atoms with van der Waals surface area (Å²) in [6.45, 7) is 0. The molecule has 21 heavy (non-hydrogen) atoms. The van der Waals surface area contributed by atoms with Gasteiger partial charge in [-0.25, -0.2) is 22.0 Å². The van der Waals surface area contributed by atoms with Crippen LogP contribution in [0.1, 0.15) is 0 Å². The Balaban J connectivity index is 0.000000211. The van der Waals surface area contributed by atoms with Crippen molar-refractivity contribution in [3.05, 3.63) is 67.4 Å². The van der Waals surface area contributed by atoms with Crippen molar-refractivity contribution < 1.29 is 22.0 Å². The van der Waals surface area contributed by atoms with E-state index in [2.05, 4.69) is 0 Å². The summed E-state index contributed by atoms with van der Waals surface area (Å²) in [4.78, 5) is 0. The smallest absolute Gasteiger partial charge is 0.200 e. The van der Waals surface area contributed by atoms with Gasteiger partial charge in [-0.15, -0.1) is 0 Å². The van der Waals surface area contributed by atoms with Crippen LogP contribution in [0.25, 0.3) is 0 Å². The SMILES string of the molecule is Clc1ccc(Cl)c(Cl)c1Cl.Fc1cc(F)c(F)c(F)c1F. The van der Waals surface area contributed by atoms with E-state index in [0.29, 0.717) is 20.1 Å². The fourth-order valence-corrected chi connectivity index (χ4v) is 1.79. The summed E-state index contributed by atoms with van der Waals surface area (Å²) in [5.74, 6) is -9.65. The Kier molecular flexibility index (Phi) is 6.53. The van der Waals surface area contributed by atoms with Gasteiger partial charge >= 0.3 is 0 Å².